The Morgan fingerprint density at radius 2 is 1.58 bits per heavy atom. The van der Waals surface area contributed by atoms with Crippen LogP contribution in [0.15, 0.2) is 78.0 Å². The lowest BCUT2D eigenvalue weighted by molar-refractivity contribution is -0.126. The molecule has 0 aromatic heterocycles. The second-order valence-electron chi connectivity index (χ2n) is 6.53. The van der Waals surface area contributed by atoms with Gasteiger partial charge in [-0.25, -0.2) is 0 Å². The molecule has 0 aliphatic carbocycles. The van der Waals surface area contributed by atoms with E-state index in [0.717, 1.165) is 11.3 Å². The number of benzene rings is 3. The van der Waals surface area contributed by atoms with Crippen LogP contribution in [0.3, 0.4) is 0 Å². The van der Waals surface area contributed by atoms with E-state index in [4.69, 9.17) is 19.0 Å². The molecule has 31 heavy (non-hydrogen) atoms. The number of anilines is 1. The molecule has 0 aliphatic heterocycles. The third-order valence-electron chi connectivity index (χ3n) is 4.30. The van der Waals surface area contributed by atoms with Gasteiger partial charge in [-0.1, -0.05) is 23.4 Å². The van der Waals surface area contributed by atoms with Crippen molar-refractivity contribution in [2.24, 2.45) is 5.16 Å². The van der Waals surface area contributed by atoms with Crippen molar-refractivity contribution < 1.29 is 23.8 Å². The molecule has 160 valence electrons. The van der Waals surface area contributed by atoms with Crippen molar-refractivity contribution in [1.82, 2.24) is 0 Å². The predicted octanol–water partition coefficient (Wildman–Crippen LogP) is 4.87. The Bertz CT molecular complexity index is 1020. The maximum Gasteiger partial charge on any atom is 0.267 e. The molecular formula is C24H24N2O5. The maximum absolute atomic E-state index is 12.3. The Morgan fingerprint density at radius 1 is 0.903 bits per heavy atom. The van der Waals surface area contributed by atoms with Gasteiger partial charge in [0.15, 0.2) is 11.5 Å². The first-order valence-electron chi connectivity index (χ1n) is 9.64. The molecule has 1 atom stereocenters. The topological polar surface area (TPSA) is 78.4 Å². The number of amides is 1. The normalized spacial score (nSPS) is 11.6. The van der Waals surface area contributed by atoms with E-state index in [9.17, 15) is 4.79 Å². The standard InChI is InChI=1S/C24H24N2O5/c1-17(31-25-16-18-9-14-22(28-2)23(15-18)29-3)24(27)26-19-10-12-21(13-11-19)30-20-7-5-4-6-8-20/h4-17H,1-3H3,(H,26,27)/b25-16-/t17-/m0/s1. The molecule has 0 aliphatic rings. The number of nitrogens with zero attached hydrogens (tertiary/aromatic N) is 1. The molecule has 3 aromatic carbocycles. The van der Waals surface area contributed by atoms with Gasteiger partial charge in [-0.3, -0.25) is 4.79 Å². The number of carbonyl (C=O) groups excluding carboxylic acids is 1. The Labute approximate surface area is 181 Å². The summed E-state index contributed by atoms with van der Waals surface area (Å²) in [5.41, 5.74) is 1.38. The van der Waals surface area contributed by atoms with Crippen LogP contribution in [0.4, 0.5) is 5.69 Å². The molecule has 3 aromatic rings. The SMILES string of the molecule is COc1ccc(/C=N\O[C@@H](C)C(=O)Nc2ccc(Oc3ccccc3)cc2)cc1OC. The molecule has 0 saturated heterocycles. The number of ether oxygens (including phenoxy) is 3. The molecular weight excluding hydrogens is 396 g/mol. The summed E-state index contributed by atoms with van der Waals surface area (Å²) in [6, 6.07) is 21.9. The Kier molecular flexibility index (Phi) is 7.48. The lowest BCUT2D eigenvalue weighted by Crippen LogP contribution is -2.26. The largest absolute Gasteiger partial charge is 0.493 e. The third-order valence-corrected chi connectivity index (χ3v) is 4.30. The van der Waals surface area contributed by atoms with Crippen molar-refractivity contribution in [1.29, 1.82) is 0 Å². The Hall–Kier alpha value is -4.00. The molecule has 0 unspecified atom stereocenters. The molecule has 0 heterocycles. The number of para-hydroxylation sites is 1. The number of methoxy groups -OCH3 is 2. The van der Waals surface area contributed by atoms with Crippen LogP contribution in [0.25, 0.3) is 0 Å². The van der Waals surface area contributed by atoms with E-state index in [0.29, 0.717) is 22.9 Å². The van der Waals surface area contributed by atoms with Crippen LogP contribution < -0.4 is 19.5 Å². The first-order valence-corrected chi connectivity index (χ1v) is 9.64. The van der Waals surface area contributed by atoms with Gasteiger partial charge in [0, 0.05) is 11.3 Å². The zero-order valence-electron chi connectivity index (χ0n) is 17.6. The van der Waals surface area contributed by atoms with E-state index in [1.54, 1.807) is 63.6 Å². The summed E-state index contributed by atoms with van der Waals surface area (Å²) in [5.74, 6) is 2.30. The highest BCUT2D eigenvalue weighted by Gasteiger charge is 2.14. The molecule has 7 nitrogen and oxygen atoms in total. The monoisotopic (exact) mass is 420 g/mol. The molecule has 0 spiro atoms. The maximum atomic E-state index is 12.3. The highest BCUT2D eigenvalue weighted by Crippen LogP contribution is 2.27. The first-order chi connectivity index (χ1) is 15.1. The zero-order chi connectivity index (χ0) is 22.1. The lowest BCUT2D eigenvalue weighted by Gasteiger charge is -2.11. The van der Waals surface area contributed by atoms with Crippen LogP contribution in [-0.4, -0.2) is 32.4 Å². The van der Waals surface area contributed by atoms with E-state index < -0.39 is 6.10 Å². The van der Waals surface area contributed by atoms with Crippen LogP contribution in [0.5, 0.6) is 23.0 Å². The van der Waals surface area contributed by atoms with Crippen molar-refractivity contribution in [2.75, 3.05) is 19.5 Å². The summed E-state index contributed by atoms with van der Waals surface area (Å²) in [4.78, 5) is 17.6. The minimum absolute atomic E-state index is 0.318. The number of nitrogens with one attached hydrogen (secondary N) is 1. The first kappa shape index (κ1) is 21.7. The number of hydrogen-bond donors (Lipinski definition) is 1. The van der Waals surface area contributed by atoms with Gasteiger partial charge in [-0.2, -0.15) is 0 Å². The van der Waals surface area contributed by atoms with E-state index in [1.807, 2.05) is 30.3 Å². The number of rotatable bonds is 9. The molecule has 1 N–H and O–H groups in total. The molecule has 7 heteroatoms. The van der Waals surface area contributed by atoms with Gasteiger partial charge in [0.1, 0.15) is 11.5 Å². The summed E-state index contributed by atoms with van der Waals surface area (Å²) >= 11 is 0. The zero-order valence-corrected chi connectivity index (χ0v) is 17.6. The highest BCUT2D eigenvalue weighted by atomic mass is 16.6. The van der Waals surface area contributed by atoms with E-state index >= 15 is 0 Å². The molecule has 0 saturated carbocycles. The second kappa shape index (κ2) is 10.7. The van der Waals surface area contributed by atoms with E-state index in [1.165, 1.54) is 6.21 Å². The fourth-order valence-corrected chi connectivity index (χ4v) is 2.64. The van der Waals surface area contributed by atoms with Gasteiger partial charge in [-0.15, -0.1) is 0 Å². The molecule has 0 bridgehead atoms. The summed E-state index contributed by atoms with van der Waals surface area (Å²) in [6.45, 7) is 1.62. The number of carbonyl (C=O) groups is 1. The quantitative estimate of drug-likeness (QED) is 0.395. The summed E-state index contributed by atoms with van der Waals surface area (Å²) < 4.78 is 16.2. The predicted molar refractivity (Wildman–Crippen MR) is 119 cm³/mol. The number of oxime groups is 1. The Morgan fingerprint density at radius 3 is 2.26 bits per heavy atom. The van der Waals surface area contributed by atoms with Crippen molar-refractivity contribution in [2.45, 2.75) is 13.0 Å². The van der Waals surface area contributed by atoms with Crippen molar-refractivity contribution >= 4 is 17.8 Å². The minimum atomic E-state index is -0.781. The van der Waals surface area contributed by atoms with Gasteiger partial charge in [0.05, 0.1) is 20.4 Å². The molecule has 0 radical (unpaired) electrons. The summed E-state index contributed by atoms with van der Waals surface area (Å²) in [7, 11) is 3.13. The van der Waals surface area contributed by atoms with Crippen molar-refractivity contribution in [3.05, 3.63) is 78.4 Å². The van der Waals surface area contributed by atoms with Crippen molar-refractivity contribution in [3.63, 3.8) is 0 Å². The van der Waals surface area contributed by atoms with Gasteiger partial charge >= 0.3 is 0 Å². The van der Waals surface area contributed by atoms with Gasteiger partial charge in [0.2, 0.25) is 6.10 Å². The number of hydrogen-bond acceptors (Lipinski definition) is 6. The van der Waals surface area contributed by atoms with Crippen LogP contribution in [0.1, 0.15) is 12.5 Å². The molecule has 3 rings (SSSR count). The fraction of sp³-hybridized carbons (Fsp3) is 0.167. The van der Waals surface area contributed by atoms with Crippen LogP contribution >= 0.6 is 0 Å². The smallest absolute Gasteiger partial charge is 0.267 e. The minimum Gasteiger partial charge on any atom is -0.493 e. The summed E-state index contributed by atoms with van der Waals surface area (Å²) in [5, 5.41) is 6.68. The van der Waals surface area contributed by atoms with E-state index in [2.05, 4.69) is 10.5 Å². The summed E-state index contributed by atoms with van der Waals surface area (Å²) in [6.07, 6.45) is 0.721. The third kappa shape index (κ3) is 6.24. The van der Waals surface area contributed by atoms with Crippen LogP contribution in [-0.2, 0) is 9.63 Å². The highest BCUT2D eigenvalue weighted by molar-refractivity contribution is 5.94. The Balaban J connectivity index is 1.51. The van der Waals surface area contributed by atoms with Crippen LogP contribution in [0, 0.1) is 0 Å². The second-order valence-corrected chi connectivity index (χ2v) is 6.53. The molecule has 0 fully saturated rings. The fourth-order valence-electron chi connectivity index (χ4n) is 2.64. The average molecular weight is 420 g/mol. The van der Waals surface area contributed by atoms with Gasteiger partial charge in [0.25, 0.3) is 5.91 Å². The average Bonchev–Trinajstić information content (AvgIpc) is 2.80. The lowest BCUT2D eigenvalue weighted by atomic mass is 10.2. The van der Waals surface area contributed by atoms with Crippen molar-refractivity contribution in [3.8, 4) is 23.0 Å². The molecule has 1 amide bonds. The van der Waals surface area contributed by atoms with Gasteiger partial charge in [-0.05, 0) is 61.5 Å². The van der Waals surface area contributed by atoms with Crippen LogP contribution in [0.2, 0.25) is 0 Å². The van der Waals surface area contributed by atoms with Gasteiger partial charge < -0.3 is 24.4 Å². The van der Waals surface area contributed by atoms with E-state index in [-0.39, 0.29) is 5.91 Å².